The van der Waals surface area contributed by atoms with E-state index in [0.717, 1.165) is 16.7 Å². The van der Waals surface area contributed by atoms with Gasteiger partial charge in [0.05, 0.1) is 13.5 Å². The fraction of sp³-hybridized carbons (Fsp3) is 0.231. The molecular weight excluding hydrogens is 360 g/mol. The largest absolute Gasteiger partial charge is 0.469 e. The molecule has 0 N–H and O–H groups in total. The molecule has 0 aliphatic heterocycles. The lowest BCUT2D eigenvalue weighted by Gasteiger charge is -2.27. The van der Waals surface area contributed by atoms with Gasteiger partial charge in [0.1, 0.15) is 0 Å². The molecule has 3 aromatic carbocycles. The van der Waals surface area contributed by atoms with Gasteiger partial charge in [-0.3, -0.25) is 9.59 Å². The van der Waals surface area contributed by atoms with E-state index in [1.54, 1.807) is 0 Å². The number of Topliss-reactive ketones (excluding diaryl/α,β-unsaturated/α-hetero) is 1. The molecule has 29 heavy (non-hydrogen) atoms. The summed E-state index contributed by atoms with van der Waals surface area (Å²) in [5.74, 6) is -0.492. The van der Waals surface area contributed by atoms with E-state index in [4.69, 9.17) is 4.74 Å². The Morgan fingerprint density at radius 3 is 1.83 bits per heavy atom. The molecule has 0 amide bonds. The Labute approximate surface area is 172 Å². The van der Waals surface area contributed by atoms with Crippen LogP contribution in [-0.4, -0.2) is 18.9 Å². The molecule has 0 aromatic heterocycles. The van der Waals surface area contributed by atoms with Crippen LogP contribution in [0.3, 0.4) is 0 Å². The van der Waals surface area contributed by atoms with Gasteiger partial charge >= 0.3 is 5.97 Å². The summed E-state index contributed by atoms with van der Waals surface area (Å²) < 4.78 is 4.97. The minimum Gasteiger partial charge on any atom is -0.469 e. The third-order valence-corrected chi connectivity index (χ3v) is 5.33. The first-order valence-electron chi connectivity index (χ1n) is 9.85. The van der Waals surface area contributed by atoms with Crippen LogP contribution in [0.25, 0.3) is 0 Å². The van der Waals surface area contributed by atoms with E-state index in [2.05, 4.69) is 24.3 Å². The van der Waals surface area contributed by atoms with Crippen LogP contribution in [0, 0.1) is 6.92 Å². The van der Waals surface area contributed by atoms with E-state index >= 15 is 0 Å². The fourth-order valence-corrected chi connectivity index (χ4v) is 3.70. The highest BCUT2D eigenvalue weighted by atomic mass is 16.5. The number of methoxy groups -OCH3 is 1. The maximum Gasteiger partial charge on any atom is 0.306 e. The highest BCUT2D eigenvalue weighted by Gasteiger charge is 2.29. The second kappa shape index (κ2) is 9.83. The molecule has 3 heteroatoms. The molecule has 0 spiro atoms. The van der Waals surface area contributed by atoms with Crippen LogP contribution in [0.1, 0.15) is 51.7 Å². The Kier molecular flexibility index (Phi) is 6.96. The van der Waals surface area contributed by atoms with Gasteiger partial charge in [-0.05, 0) is 24.0 Å². The molecule has 0 saturated carbocycles. The molecule has 148 valence electrons. The van der Waals surface area contributed by atoms with Crippen molar-refractivity contribution >= 4 is 11.8 Å². The van der Waals surface area contributed by atoms with Gasteiger partial charge in [-0.1, -0.05) is 90.5 Å². The molecule has 0 aliphatic carbocycles. The van der Waals surface area contributed by atoms with E-state index in [0.29, 0.717) is 12.0 Å². The second-order valence-electron chi connectivity index (χ2n) is 7.31. The van der Waals surface area contributed by atoms with Crippen LogP contribution in [0.15, 0.2) is 84.9 Å². The quantitative estimate of drug-likeness (QED) is 0.368. The fourth-order valence-electron chi connectivity index (χ4n) is 3.70. The number of aryl methyl sites for hydroxylation is 1. The molecule has 2 atom stereocenters. The van der Waals surface area contributed by atoms with Crippen molar-refractivity contribution in [2.45, 2.75) is 31.6 Å². The smallest absolute Gasteiger partial charge is 0.306 e. The number of ether oxygens (including phenoxy) is 1. The summed E-state index contributed by atoms with van der Waals surface area (Å²) in [6, 6.07) is 27.5. The van der Waals surface area contributed by atoms with Crippen molar-refractivity contribution in [3.63, 3.8) is 0 Å². The predicted molar refractivity (Wildman–Crippen MR) is 115 cm³/mol. The highest BCUT2D eigenvalue weighted by Crippen LogP contribution is 2.39. The Morgan fingerprint density at radius 2 is 1.24 bits per heavy atom. The van der Waals surface area contributed by atoms with E-state index < -0.39 is 0 Å². The van der Waals surface area contributed by atoms with E-state index in [9.17, 15) is 9.59 Å². The first kappa shape index (κ1) is 20.5. The normalized spacial score (nSPS) is 12.8. The molecule has 0 unspecified atom stereocenters. The maximum absolute atomic E-state index is 13.1. The first-order valence-corrected chi connectivity index (χ1v) is 9.85. The van der Waals surface area contributed by atoms with Gasteiger partial charge in [-0.2, -0.15) is 0 Å². The Morgan fingerprint density at radius 1 is 0.724 bits per heavy atom. The minimum atomic E-state index is -0.275. The van der Waals surface area contributed by atoms with Crippen LogP contribution >= 0.6 is 0 Å². The van der Waals surface area contributed by atoms with Crippen LogP contribution in [0.5, 0.6) is 0 Å². The van der Waals surface area contributed by atoms with Crippen molar-refractivity contribution in [1.29, 1.82) is 0 Å². The van der Waals surface area contributed by atoms with Crippen molar-refractivity contribution in [1.82, 2.24) is 0 Å². The maximum atomic E-state index is 13.1. The van der Waals surface area contributed by atoms with Crippen molar-refractivity contribution in [3.05, 3.63) is 107 Å². The predicted octanol–water partition coefficient (Wildman–Crippen LogP) is 5.70. The number of ketones is 1. The molecular formula is C26H26O3. The van der Waals surface area contributed by atoms with Gasteiger partial charge in [0.25, 0.3) is 0 Å². The van der Waals surface area contributed by atoms with Crippen molar-refractivity contribution in [3.8, 4) is 0 Å². The summed E-state index contributed by atoms with van der Waals surface area (Å²) in [5, 5.41) is 0. The molecule has 3 aromatic rings. The number of hydrogen-bond acceptors (Lipinski definition) is 3. The summed E-state index contributed by atoms with van der Waals surface area (Å²) >= 11 is 0. The van der Waals surface area contributed by atoms with Gasteiger partial charge in [-0.15, -0.1) is 0 Å². The first-order chi connectivity index (χ1) is 14.1. The Hall–Kier alpha value is -3.20. The lowest BCUT2D eigenvalue weighted by molar-refractivity contribution is -0.141. The summed E-state index contributed by atoms with van der Waals surface area (Å²) in [6.07, 6.45) is 0.546. The number of benzene rings is 3. The third kappa shape index (κ3) is 5.41. The number of hydrogen-bond donors (Lipinski definition) is 0. The standard InChI is InChI=1S/C26H26O3/c1-19-13-15-21(16-14-19)23(17-25(27)22-11-7-4-8-12-22)24(18-26(28)29-2)20-9-5-3-6-10-20/h3-16,23-24H,17-18H2,1-2H3/t23-,24+/m0/s1. The molecule has 0 bridgehead atoms. The van der Waals surface area contributed by atoms with Crippen molar-refractivity contribution < 1.29 is 14.3 Å². The zero-order valence-electron chi connectivity index (χ0n) is 16.9. The number of rotatable bonds is 8. The molecule has 0 saturated heterocycles. The lowest BCUT2D eigenvalue weighted by Crippen LogP contribution is -2.19. The lowest BCUT2D eigenvalue weighted by atomic mass is 9.76. The second-order valence-corrected chi connectivity index (χ2v) is 7.31. The van der Waals surface area contributed by atoms with Gasteiger partial charge in [0.2, 0.25) is 0 Å². The molecule has 0 radical (unpaired) electrons. The highest BCUT2D eigenvalue weighted by molar-refractivity contribution is 5.96. The number of carbonyl (C=O) groups excluding carboxylic acids is 2. The van der Waals surface area contributed by atoms with E-state index in [1.165, 1.54) is 7.11 Å². The zero-order valence-corrected chi connectivity index (χ0v) is 16.9. The van der Waals surface area contributed by atoms with E-state index in [1.807, 2.05) is 67.6 Å². The topological polar surface area (TPSA) is 43.4 Å². The van der Waals surface area contributed by atoms with Crippen LogP contribution in [-0.2, 0) is 9.53 Å². The van der Waals surface area contributed by atoms with Gasteiger partial charge in [0.15, 0.2) is 5.78 Å². The average Bonchev–Trinajstić information content (AvgIpc) is 2.77. The third-order valence-electron chi connectivity index (χ3n) is 5.33. The summed E-state index contributed by atoms with van der Waals surface area (Å²) in [6.45, 7) is 2.04. The number of esters is 1. The average molecular weight is 386 g/mol. The van der Waals surface area contributed by atoms with Crippen molar-refractivity contribution in [2.24, 2.45) is 0 Å². The Bertz CT molecular complexity index is 931. The zero-order chi connectivity index (χ0) is 20.6. The van der Waals surface area contributed by atoms with Gasteiger partial charge < -0.3 is 4.74 Å². The van der Waals surface area contributed by atoms with Gasteiger partial charge in [0, 0.05) is 17.9 Å². The minimum absolute atomic E-state index is 0.0713. The molecule has 3 rings (SSSR count). The molecule has 3 nitrogen and oxygen atoms in total. The Balaban J connectivity index is 2.01. The van der Waals surface area contributed by atoms with Crippen LogP contribution in [0.4, 0.5) is 0 Å². The van der Waals surface area contributed by atoms with Crippen LogP contribution in [0.2, 0.25) is 0 Å². The van der Waals surface area contributed by atoms with E-state index in [-0.39, 0.29) is 30.0 Å². The molecule has 0 heterocycles. The summed E-state index contributed by atoms with van der Waals surface area (Å²) in [4.78, 5) is 25.3. The molecule has 0 aliphatic rings. The SMILES string of the molecule is COC(=O)C[C@H](c1ccccc1)[C@@H](CC(=O)c1ccccc1)c1ccc(C)cc1. The molecule has 0 fully saturated rings. The number of carbonyl (C=O) groups is 2. The monoisotopic (exact) mass is 386 g/mol. The van der Waals surface area contributed by atoms with Crippen molar-refractivity contribution in [2.75, 3.05) is 7.11 Å². The summed E-state index contributed by atoms with van der Waals surface area (Å²) in [5.41, 5.74) is 3.93. The van der Waals surface area contributed by atoms with Crippen LogP contribution < -0.4 is 0 Å². The summed E-state index contributed by atoms with van der Waals surface area (Å²) in [7, 11) is 1.40. The van der Waals surface area contributed by atoms with Gasteiger partial charge in [-0.25, -0.2) is 0 Å².